The molecular formula is C34H41N5O5Si. The van der Waals surface area contributed by atoms with E-state index < -0.39 is 25.1 Å². The van der Waals surface area contributed by atoms with Gasteiger partial charge in [-0.2, -0.15) is 10.4 Å². The number of carbonyl (C=O) groups excluding carboxylic acids is 1. The average Bonchev–Trinajstić information content (AvgIpc) is 3.74. The Bertz CT molecular complexity index is 1870. The molecule has 0 saturated heterocycles. The molecule has 4 aromatic rings. The highest BCUT2D eigenvalue weighted by atomic mass is 28.3. The molecule has 2 aromatic heterocycles. The highest BCUT2D eigenvalue weighted by Crippen LogP contribution is 2.32. The molecule has 0 N–H and O–H groups in total. The van der Waals surface area contributed by atoms with E-state index in [1.54, 1.807) is 49.7 Å². The number of hydrogen-bond acceptors (Lipinski definition) is 8. The van der Waals surface area contributed by atoms with Crippen molar-refractivity contribution in [3.8, 4) is 11.8 Å². The molecule has 45 heavy (non-hydrogen) atoms. The van der Waals surface area contributed by atoms with Crippen LogP contribution in [0.3, 0.4) is 0 Å². The Morgan fingerprint density at radius 3 is 2.56 bits per heavy atom. The molecule has 1 aliphatic carbocycles. The molecular weight excluding hydrogens is 586 g/mol. The summed E-state index contributed by atoms with van der Waals surface area (Å²) in [7, 11) is -1.32. The maximum atomic E-state index is 13.5. The van der Waals surface area contributed by atoms with Crippen molar-refractivity contribution in [1.29, 1.82) is 5.26 Å². The predicted octanol–water partition coefficient (Wildman–Crippen LogP) is 6.12. The van der Waals surface area contributed by atoms with Gasteiger partial charge in [-0.1, -0.05) is 38.4 Å². The summed E-state index contributed by atoms with van der Waals surface area (Å²) in [5.74, 6) is 0.941. The number of aromatic nitrogens is 4. The van der Waals surface area contributed by atoms with Gasteiger partial charge in [-0.3, -0.25) is 9.48 Å². The monoisotopic (exact) mass is 627 g/mol. The summed E-state index contributed by atoms with van der Waals surface area (Å²) in [6.45, 7) is 17.6. The first-order valence-electron chi connectivity index (χ1n) is 15.3. The van der Waals surface area contributed by atoms with Crippen LogP contribution in [0.2, 0.25) is 25.7 Å². The first-order chi connectivity index (χ1) is 21.2. The van der Waals surface area contributed by atoms with E-state index in [4.69, 9.17) is 19.2 Å². The van der Waals surface area contributed by atoms with Crippen LogP contribution in [0.25, 0.3) is 27.5 Å². The molecule has 0 bridgehead atoms. The SMILES string of the molecule is C=C(C(=O)OC(C)(C)C)c1nn(Cc2nc3cc(OCC4CC4)c(C#N)cc3n2COCC[Si](C)(C)C)c2ccccc2c1=O. The summed E-state index contributed by atoms with van der Waals surface area (Å²) in [4.78, 5) is 31.4. The number of benzene rings is 2. The van der Waals surface area contributed by atoms with E-state index in [2.05, 4.69) is 37.4 Å². The molecule has 0 unspecified atom stereocenters. The topological polar surface area (TPSA) is 121 Å². The minimum absolute atomic E-state index is 0.0838. The van der Waals surface area contributed by atoms with Gasteiger partial charge >= 0.3 is 5.97 Å². The Morgan fingerprint density at radius 2 is 1.89 bits per heavy atom. The fourth-order valence-electron chi connectivity index (χ4n) is 4.83. The summed E-state index contributed by atoms with van der Waals surface area (Å²) in [5, 5.41) is 15.0. The van der Waals surface area contributed by atoms with Crippen LogP contribution in [-0.4, -0.2) is 52.2 Å². The van der Waals surface area contributed by atoms with Crippen LogP contribution in [0.5, 0.6) is 5.75 Å². The fraction of sp³-hybridized carbons (Fsp3) is 0.441. The Morgan fingerprint density at radius 1 is 1.16 bits per heavy atom. The molecule has 5 rings (SSSR count). The highest BCUT2D eigenvalue weighted by molar-refractivity contribution is 6.76. The number of para-hydroxylation sites is 1. The van der Waals surface area contributed by atoms with Gasteiger partial charge in [0.2, 0.25) is 5.43 Å². The van der Waals surface area contributed by atoms with Crippen molar-refractivity contribution in [1.82, 2.24) is 19.3 Å². The smallest absolute Gasteiger partial charge is 0.340 e. The van der Waals surface area contributed by atoms with Gasteiger partial charge in [-0.05, 0) is 63.8 Å². The van der Waals surface area contributed by atoms with E-state index in [1.807, 2.05) is 16.7 Å². The number of esters is 1. The summed E-state index contributed by atoms with van der Waals surface area (Å²) in [5.41, 5.74) is 1.03. The Hall–Kier alpha value is -4.27. The molecule has 0 amide bonds. The molecule has 0 aliphatic heterocycles. The van der Waals surface area contributed by atoms with Crippen molar-refractivity contribution in [2.75, 3.05) is 13.2 Å². The van der Waals surface area contributed by atoms with Gasteiger partial charge in [0, 0.05) is 26.1 Å². The molecule has 2 aromatic carbocycles. The van der Waals surface area contributed by atoms with Crippen molar-refractivity contribution in [2.45, 2.75) is 78.2 Å². The lowest BCUT2D eigenvalue weighted by atomic mass is 10.1. The van der Waals surface area contributed by atoms with Crippen LogP contribution in [0.4, 0.5) is 0 Å². The van der Waals surface area contributed by atoms with E-state index >= 15 is 0 Å². The second-order valence-corrected chi connectivity index (χ2v) is 19.5. The molecule has 1 aliphatic rings. The first-order valence-corrected chi connectivity index (χ1v) is 19.0. The minimum Gasteiger partial charge on any atom is -0.492 e. The summed E-state index contributed by atoms with van der Waals surface area (Å²) in [6, 6.07) is 14.0. The van der Waals surface area contributed by atoms with Crippen molar-refractivity contribution in [2.24, 2.45) is 5.92 Å². The van der Waals surface area contributed by atoms with E-state index in [0.717, 1.165) is 24.4 Å². The number of rotatable bonds is 12. The number of carbonyl (C=O) groups is 1. The van der Waals surface area contributed by atoms with Gasteiger partial charge in [0.1, 0.15) is 35.7 Å². The van der Waals surface area contributed by atoms with E-state index in [-0.39, 0.29) is 24.5 Å². The number of ether oxygens (including phenoxy) is 3. The number of hydrogen-bond donors (Lipinski definition) is 0. The summed E-state index contributed by atoms with van der Waals surface area (Å²) < 4.78 is 21.3. The van der Waals surface area contributed by atoms with Gasteiger partial charge in [-0.25, -0.2) is 9.78 Å². The predicted molar refractivity (Wildman–Crippen MR) is 177 cm³/mol. The molecule has 10 nitrogen and oxygen atoms in total. The Kier molecular flexibility index (Phi) is 9.01. The van der Waals surface area contributed by atoms with Crippen molar-refractivity contribution in [3.63, 3.8) is 0 Å². The second kappa shape index (κ2) is 12.6. The lowest BCUT2D eigenvalue weighted by Crippen LogP contribution is -2.27. The average molecular weight is 628 g/mol. The van der Waals surface area contributed by atoms with Gasteiger partial charge in [-0.15, -0.1) is 0 Å². The molecule has 0 atom stereocenters. The molecule has 1 fully saturated rings. The van der Waals surface area contributed by atoms with Crippen molar-refractivity contribution in [3.05, 3.63) is 70.3 Å². The van der Waals surface area contributed by atoms with Gasteiger partial charge < -0.3 is 18.8 Å². The first kappa shape index (κ1) is 32.1. The third-order valence-electron chi connectivity index (χ3n) is 7.52. The minimum atomic E-state index is -1.32. The second-order valence-electron chi connectivity index (χ2n) is 13.8. The van der Waals surface area contributed by atoms with Crippen LogP contribution >= 0.6 is 0 Å². The Balaban J connectivity index is 1.58. The van der Waals surface area contributed by atoms with Crippen LogP contribution in [0.1, 0.15) is 50.7 Å². The number of nitriles is 1. The molecule has 1 saturated carbocycles. The highest BCUT2D eigenvalue weighted by Gasteiger charge is 2.26. The Labute approximate surface area is 264 Å². The zero-order valence-corrected chi connectivity index (χ0v) is 28.0. The zero-order valence-electron chi connectivity index (χ0n) is 27.0. The van der Waals surface area contributed by atoms with Crippen LogP contribution in [0, 0.1) is 17.2 Å². The third-order valence-corrected chi connectivity index (χ3v) is 9.23. The quantitative estimate of drug-likeness (QED) is 0.0797. The third kappa shape index (κ3) is 7.69. The van der Waals surface area contributed by atoms with Crippen LogP contribution in [0.15, 0.2) is 47.8 Å². The normalized spacial score (nSPS) is 13.6. The lowest BCUT2D eigenvalue weighted by molar-refractivity contribution is -0.147. The summed E-state index contributed by atoms with van der Waals surface area (Å²) >= 11 is 0. The van der Waals surface area contributed by atoms with Crippen molar-refractivity contribution >= 4 is 41.6 Å². The van der Waals surface area contributed by atoms with Gasteiger partial charge in [0.05, 0.1) is 40.8 Å². The standard InChI is InChI=1S/C34H41N5O5Si/c1-22(33(41)44-34(2,3)4)31-32(40)25-10-8-9-11-27(25)39(37-31)19-30-36-26-17-29(43-20-23-12-13-23)24(18-35)16-28(26)38(30)21-42-14-15-45(5,6)7/h8-11,16-17,23H,1,12-15,19-21H2,2-7H3. The molecule has 2 heterocycles. The zero-order chi connectivity index (χ0) is 32.5. The lowest BCUT2D eigenvalue weighted by Gasteiger charge is -2.20. The molecule has 236 valence electrons. The van der Waals surface area contributed by atoms with E-state index in [9.17, 15) is 14.9 Å². The molecule has 0 spiro atoms. The maximum Gasteiger partial charge on any atom is 0.340 e. The summed E-state index contributed by atoms with van der Waals surface area (Å²) in [6.07, 6.45) is 2.28. The largest absolute Gasteiger partial charge is 0.492 e. The van der Waals surface area contributed by atoms with Crippen LogP contribution < -0.4 is 10.2 Å². The van der Waals surface area contributed by atoms with E-state index in [0.29, 0.717) is 52.7 Å². The number of fused-ring (bicyclic) bond motifs is 2. The number of nitrogens with zero attached hydrogens (tertiary/aromatic N) is 5. The van der Waals surface area contributed by atoms with E-state index in [1.165, 1.54) is 0 Å². The molecule has 0 radical (unpaired) electrons. The number of imidazole rings is 1. The van der Waals surface area contributed by atoms with Crippen LogP contribution in [-0.2, 0) is 27.5 Å². The van der Waals surface area contributed by atoms with Crippen molar-refractivity contribution < 1.29 is 19.0 Å². The maximum absolute atomic E-state index is 13.5. The fourth-order valence-corrected chi connectivity index (χ4v) is 5.58. The van der Waals surface area contributed by atoms with Gasteiger partial charge in [0.15, 0.2) is 0 Å². The van der Waals surface area contributed by atoms with Gasteiger partial charge in [0.25, 0.3) is 0 Å². The molecule has 11 heteroatoms.